The van der Waals surface area contributed by atoms with E-state index in [-0.39, 0.29) is 5.41 Å². The molecule has 0 spiro atoms. The zero-order valence-electron chi connectivity index (χ0n) is 31.9. The van der Waals surface area contributed by atoms with Gasteiger partial charge in [-0.25, -0.2) is 9.97 Å². The van der Waals surface area contributed by atoms with E-state index in [0.717, 1.165) is 33.5 Å². The molecular weight excluding hydrogens is 689 g/mol. The van der Waals surface area contributed by atoms with Crippen LogP contribution in [0.2, 0.25) is 0 Å². The highest BCUT2D eigenvalue weighted by Crippen LogP contribution is 2.54. The van der Waals surface area contributed by atoms with Gasteiger partial charge in [-0.05, 0) is 107 Å². The summed E-state index contributed by atoms with van der Waals surface area (Å²) in [4.78, 5) is 10.6. The summed E-state index contributed by atoms with van der Waals surface area (Å²) in [6.45, 7) is 4.76. The standard InChI is InChI=1S/C55H38N2/c1-55(2)50-33-41-18-9-8-17-40(41)32-49(50)47-22-12-21-46(53(47)55)45-29-30-48(44-20-11-10-19-43(44)45)54-56-51(37-14-4-3-5-15-37)34-52(57-54)38-26-23-36(24-27-38)42-28-25-35-13-6-7-16-39(35)31-42/h3-34H,1-2H3. The van der Waals surface area contributed by atoms with Crippen LogP contribution in [-0.4, -0.2) is 9.97 Å². The highest BCUT2D eigenvalue weighted by molar-refractivity contribution is 6.06. The first-order valence-electron chi connectivity index (χ1n) is 19.7. The van der Waals surface area contributed by atoms with Crippen LogP contribution in [0.3, 0.4) is 0 Å². The maximum atomic E-state index is 5.32. The van der Waals surface area contributed by atoms with Crippen molar-refractivity contribution in [2.24, 2.45) is 0 Å². The largest absolute Gasteiger partial charge is 0.228 e. The lowest BCUT2D eigenvalue weighted by Gasteiger charge is -2.25. The van der Waals surface area contributed by atoms with E-state index in [1.165, 1.54) is 71.4 Å². The normalized spacial score (nSPS) is 12.9. The van der Waals surface area contributed by atoms with Gasteiger partial charge < -0.3 is 0 Å². The van der Waals surface area contributed by atoms with Gasteiger partial charge in [0.25, 0.3) is 0 Å². The van der Waals surface area contributed by atoms with E-state index in [1.54, 1.807) is 0 Å². The van der Waals surface area contributed by atoms with E-state index in [0.29, 0.717) is 5.82 Å². The van der Waals surface area contributed by atoms with E-state index in [9.17, 15) is 0 Å². The first-order valence-corrected chi connectivity index (χ1v) is 19.7. The summed E-state index contributed by atoms with van der Waals surface area (Å²) in [6, 6.07) is 70.1. The molecule has 11 rings (SSSR count). The summed E-state index contributed by atoms with van der Waals surface area (Å²) < 4.78 is 0. The van der Waals surface area contributed by atoms with E-state index < -0.39 is 0 Å². The average molecular weight is 727 g/mol. The minimum atomic E-state index is -0.170. The average Bonchev–Trinajstić information content (AvgIpc) is 3.50. The quantitative estimate of drug-likeness (QED) is 0.176. The molecule has 1 aliphatic carbocycles. The fourth-order valence-corrected chi connectivity index (χ4v) is 9.19. The van der Waals surface area contributed by atoms with Crippen molar-refractivity contribution in [2.75, 3.05) is 0 Å². The molecule has 0 saturated heterocycles. The van der Waals surface area contributed by atoms with Gasteiger partial charge in [-0.2, -0.15) is 0 Å². The van der Waals surface area contributed by atoms with Gasteiger partial charge in [-0.3, -0.25) is 0 Å². The summed E-state index contributed by atoms with van der Waals surface area (Å²) >= 11 is 0. The molecule has 9 aromatic carbocycles. The number of nitrogens with zero attached hydrogens (tertiary/aromatic N) is 2. The highest BCUT2D eigenvalue weighted by atomic mass is 14.9. The zero-order chi connectivity index (χ0) is 38.1. The fraction of sp³-hybridized carbons (Fsp3) is 0.0545. The van der Waals surface area contributed by atoms with Gasteiger partial charge in [-0.1, -0.05) is 178 Å². The Labute approximate surface area is 332 Å². The van der Waals surface area contributed by atoms with Crippen LogP contribution in [0.1, 0.15) is 25.0 Å². The molecule has 0 fully saturated rings. The summed E-state index contributed by atoms with van der Waals surface area (Å²) in [6.07, 6.45) is 0. The molecule has 268 valence electrons. The van der Waals surface area contributed by atoms with Crippen molar-refractivity contribution < 1.29 is 0 Å². The molecule has 0 aliphatic heterocycles. The molecule has 0 bridgehead atoms. The van der Waals surface area contributed by atoms with Gasteiger partial charge in [0.1, 0.15) is 0 Å². The molecule has 0 unspecified atom stereocenters. The van der Waals surface area contributed by atoms with Crippen LogP contribution in [0.15, 0.2) is 194 Å². The molecular formula is C55H38N2. The van der Waals surface area contributed by atoms with Gasteiger partial charge in [0, 0.05) is 22.1 Å². The third-order valence-electron chi connectivity index (χ3n) is 12.1. The molecule has 1 aliphatic rings. The number of hydrogen-bond acceptors (Lipinski definition) is 2. The zero-order valence-corrected chi connectivity index (χ0v) is 31.9. The monoisotopic (exact) mass is 726 g/mol. The molecule has 10 aromatic rings. The second-order valence-electron chi connectivity index (χ2n) is 15.8. The Bertz CT molecular complexity index is 3190. The van der Waals surface area contributed by atoms with Crippen molar-refractivity contribution in [3.8, 4) is 67.3 Å². The van der Waals surface area contributed by atoms with Crippen LogP contribution < -0.4 is 0 Å². The number of hydrogen-bond donors (Lipinski definition) is 0. The van der Waals surface area contributed by atoms with Crippen molar-refractivity contribution in [3.63, 3.8) is 0 Å². The van der Waals surface area contributed by atoms with Crippen molar-refractivity contribution in [1.82, 2.24) is 9.97 Å². The Morgan fingerprint density at radius 3 is 1.58 bits per heavy atom. The first kappa shape index (κ1) is 33.2. The molecule has 0 N–H and O–H groups in total. The summed E-state index contributed by atoms with van der Waals surface area (Å²) in [5.41, 5.74) is 15.0. The fourth-order valence-electron chi connectivity index (χ4n) is 9.19. The molecule has 0 atom stereocenters. The summed E-state index contributed by atoms with van der Waals surface area (Å²) in [5, 5.41) is 7.37. The van der Waals surface area contributed by atoms with Gasteiger partial charge in [-0.15, -0.1) is 0 Å². The Morgan fingerprint density at radius 1 is 0.333 bits per heavy atom. The Morgan fingerprint density at radius 2 is 0.860 bits per heavy atom. The molecule has 0 saturated carbocycles. The minimum Gasteiger partial charge on any atom is -0.228 e. The van der Waals surface area contributed by atoms with Gasteiger partial charge >= 0.3 is 0 Å². The minimum absolute atomic E-state index is 0.170. The molecule has 57 heavy (non-hydrogen) atoms. The highest BCUT2D eigenvalue weighted by Gasteiger charge is 2.38. The van der Waals surface area contributed by atoms with Crippen molar-refractivity contribution in [2.45, 2.75) is 19.3 Å². The van der Waals surface area contributed by atoms with E-state index in [4.69, 9.17) is 9.97 Å². The smallest absolute Gasteiger partial charge is 0.161 e. The topological polar surface area (TPSA) is 25.8 Å². The van der Waals surface area contributed by atoms with Crippen LogP contribution >= 0.6 is 0 Å². The third-order valence-corrected chi connectivity index (χ3v) is 12.1. The van der Waals surface area contributed by atoms with Crippen LogP contribution in [0.5, 0.6) is 0 Å². The Kier molecular flexibility index (Phi) is 7.55. The molecule has 2 nitrogen and oxygen atoms in total. The Hall–Kier alpha value is -7.16. The first-order chi connectivity index (χ1) is 28.0. The molecule has 0 radical (unpaired) electrons. The van der Waals surface area contributed by atoms with Crippen LogP contribution in [0.4, 0.5) is 0 Å². The second kappa shape index (κ2) is 13.0. The number of benzene rings is 9. The van der Waals surface area contributed by atoms with Gasteiger partial charge in [0.2, 0.25) is 0 Å². The molecule has 0 amide bonds. The van der Waals surface area contributed by atoms with Crippen molar-refractivity contribution in [3.05, 3.63) is 205 Å². The maximum absolute atomic E-state index is 5.32. The number of aromatic nitrogens is 2. The summed E-state index contributed by atoms with van der Waals surface area (Å²) in [5.74, 6) is 0.713. The van der Waals surface area contributed by atoms with Crippen LogP contribution in [-0.2, 0) is 5.41 Å². The van der Waals surface area contributed by atoms with Crippen molar-refractivity contribution in [1.29, 1.82) is 0 Å². The van der Waals surface area contributed by atoms with Gasteiger partial charge in [0.15, 0.2) is 5.82 Å². The SMILES string of the molecule is CC1(C)c2cc3ccccc3cc2-c2cccc(-c3ccc(-c4nc(-c5ccccc5)cc(-c5ccc(-c6ccc7ccccc7c6)cc5)n4)c4ccccc34)c21. The Balaban J connectivity index is 1.04. The lowest BCUT2D eigenvalue weighted by molar-refractivity contribution is 0.663. The third kappa shape index (κ3) is 5.48. The van der Waals surface area contributed by atoms with E-state index in [1.807, 2.05) is 6.07 Å². The number of rotatable bonds is 5. The van der Waals surface area contributed by atoms with Crippen molar-refractivity contribution >= 4 is 32.3 Å². The maximum Gasteiger partial charge on any atom is 0.161 e. The molecule has 1 aromatic heterocycles. The second-order valence-corrected chi connectivity index (χ2v) is 15.8. The predicted molar refractivity (Wildman–Crippen MR) is 239 cm³/mol. The van der Waals surface area contributed by atoms with E-state index >= 15 is 0 Å². The van der Waals surface area contributed by atoms with Crippen LogP contribution in [0.25, 0.3) is 99.6 Å². The molecule has 2 heteroatoms. The lowest BCUT2D eigenvalue weighted by Crippen LogP contribution is -2.16. The summed E-state index contributed by atoms with van der Waals surface area (Å²) in [7, 11) is 0. The molecule has 1 heterocycles. The predicted octanol–water partition coefficient (Wildman–Crippen LogP) is 14.6. The lowest BCUT2D eigenvalue weighted by atomic mass is 9.78. The van der Waals surface area contributed by atoms with E-state index in [2.05, 4.69) is 202 Å². The van der Waals surface area contributed by atoms with Crippen LogP contribution in [0, 0.1) is 0 Å². The van der Waals surface area contributed by atoms with Gasteiger partial charge in [0.05, 0.1) is 11.4 Å². The number of fused-ring (bicyclic) bond motifs is 6.